The number of benzene rings is 2. The van der Waals surface area contributed by atoms with Gasteiger partial charge in [0.15, 0.2) is 5.65 Å². The number of carbonyl (C=O) groups excluding carboxylic acids is 1. The van der Waals surface area contributed by atoms with Crippen molar-refractivity contribution < 1.29 is 9.53 Å². The molecule has 0 spiro atoms. The molecular weight excluding hydrogens is 378 g/mol. The van der Waals surface area contributed by atoms with Crippen LogP contribution in [0.25, 0.3) is 16.7 Å². The Morgan fingerprint density at radius 2 is 1.97 bits per heavy atom. The van der Waals surface area contributed by atoms with Gasteiger partial charge in [-0.05, 0) is 37.1 Å². The van der Waals surface area contributed by atoms with Crippen LogP contribution in [0.1, 0.15) is 34.8 Å². The normalized spacial score (nSPS) is 13.4. The Morgan fingerprint density at radius 3 is 2.67 bits per heavy atom. The first kappa shape index (κ1) is 18.2. The van der Waals surface area contributed by atoms with E-state index in [2.05, 4.69) is 10.3 Å². The van der Waals surface area contributed by atoms with Crippen LogP contribution in [0.5, 0.6) is 5.75 Å². The lowest BCUT2D eigenvalue weighted by Gasteiger charge is -2.13. The van der Waals surface area contributed by atoms with Gasteiger partial charge in [0.05, 0.1) is 35.1 Å². The van der Waals surface area contributed by atoms with E-state index >= 15 is 0 Å². The number of nitrogens with two attached hydrogens (primary N) is 1. The topological polar surface area (TPSA) is 95.1 Å². The van der Waals surface area contributed by atoms with E-state index in [1.807, 2.05) is 59.3 Å². The smallest absolute Gasteiger partial charge is 0.252 e. The summed E-state index contributed by atoms with van der Waals surface area (Å²) in [6.45, 7) is 0. The van der Waals surface area contributed by atoms with Gasteiger partial charge in [0, 0.05) is 23.9 Å². The minimum Gasteiger partial charge on any atom is -0.497 e. The van der Waals surface area contributed by atoms with Crippen molar-refractivity contribution in [2.75, 3.05) is 12.4 Å². The molecular formula is C23H21N5O2. The zero-order valence-electron chi connectivity index (χ0n) is 16.5. The minimum atomic E-state index is -0.538. The summed E-state index contributed by atoms with van der Waals surface area (Å²) in [5, 5.41) is 9.11. The lowest BCUT2D eigenvalue weighted by Crippen LogP contribution is -2.14. The van der Waals surface area contributed by atoms with E-state index in [-0.39, 0.29) is 0 Å². The predicted octanol–water partition coefficient (Wildman–Crippen LogP) is 4.15. The summed E-state index contributed by atoms with van der Waals surface area (Å²) in [6, 6.07) is 17.4. The van der Waals surface area contributed by atoms with E-state index in [9.17, 15) is 4.79 Å². The van der Waals surface area contributed by atoms with Gasteiger partial charge in [-0.2, -0.15) is 5.10 Å². The highest BCUT2D eigenvalue weighted by atomic mass is 16.5. The first-order valence-electron chi connectivity index (χ1n) is 9.83. The molecule has 7 heteroatoms. The van der Waals surface area contributed by atoms with Crippen molar-refractivity contribution in [3.8, 4) is 11.4 Å². The highest BCUT2D eigenvalue weighted by Crippen LogP contribution is 2.45. The molecule has 0 unspecified atom stereocenters. The maximum absolute atomic E-state index is 12.2. The third-order valence-corrected chi connectivity index (χ3v) is 5.29. The van der Waals surface area contributed by atoms with Crippen molar-refractivity contribution in [2.24, 2.45) is 5.73 Å². The summed E-state index contributed by atoms with van der Waals surface area (Å²) < 4.78 is 7.17. The number of anilines is 2. The lowest BCUT2D eigenvalue weighted by molar-refractivity contribution is 0.100. The Kier molecular flexibility index (Phi) is 4.35. The molecule has 1 fully saturated rings. The van der Waals surface area contributed by atoms with Crippen molar-refractivity contribution in [2.45, 2.75) is 18.8 Å². The van der Waals surface area contributed by atoms with E-state index in [0.29, 0.717) is 28.6 Å². The summed E-state index contributed by atoms with van der Waals surface area (Å²) in [5.74, 6) is 0.533. The van der Waals surface area contributed by atoms with Gasteiger partial charge < -0.3 is 15.8 Å². The van der Waals surface area contributed by atoms with Crippen LogP contribution in [0.15, 0.2) is 60.8 Å². The Hall–Kier alpha value is -3.87. The van der Waals surface area contributed by atoms with Crippen molar-refractivity contribution in [1.29, 1.82) is 0 Å². The number of para-hydroxylation sites is 1. The second-order valence-corrected chi connectivity index (χ2v) is 7.37. The molecule has 2 heterocycles. The van der Waals surface area contributed by atoms with Gasteiger partial charge in [-0.25, -0.2) is 9.67 Å². The van der Waals surface area contributed by atoms with Gasteiger partial charge in [-0.1, -0.05) is 24.3 Å². The Morgan fingerprint density at radius 1 is 1.17 bits per heavy atom. The van der Waals surface area contributed by atoms with Gasteiger partial charge in [-0.3, -0.25) is 4.79 Å². The number of nitrogens with one attached hydrogen (secondary N) is 1. The number of methoxy groups -OCH3 is 1. The lowest BCUT2D eigenvalue weighted by atomic mass is 10.1. The van der Waals surface area contributed by atoms with Gasteiger partial charge in [0.2, 0.25) is 0 Å². The molecule has 150 valence electrons. The molecule has 30 heavy (non-hydrogen) atoms. The summed E-state index contributed by atoms with van der Waals surface area (Å²) in [4.78, 5) is 16.8. The van der Waals surface area contributed by atoms with Crippen LogP contribution in [0.3, 0.4) is 0 Å². The number of carbonyl (C=O) groups is 1. The van der Waals surface area contributed by atoms with Gasteiger partial charge in [0.1, 0.15) is 5.75 Å². The Bertz CT molecular complexity index is 1250. The number of primary amides is 1. The van der Waals surface area contributed by atoms with Gasteiger partial charge in [0.25, 0.3) is 5.91 Å². The molecule has 2 aromatic carbocycles. The average molecular weight is 399 g/mol. The van der Waals surface area contributed by atoms with Crippen LogP contribution in [0.2, 0.25) is 0 Å². The van der Waals surface area contributed by atoms with Crippen molar-refractivity contribution in [3.63, 3.8) is 0 Å². The predicted molar refractivity (Wildman–Crippen MR) is 116 cm³/mol. The maximum Gasteiger partial charge on any atom is 0.252 e. The molecule has 1 amide bonds. The van der Waals surface area contributed by atoms with Crippen LogP contribution < -0.4 is 15.8 Å². The van der Waals surface area contributed by atoms with Crippen LogP contribution in [-0.4, -0.2) is 27.8 Å². The third-order valence-electron chi connectivity index (χ3n) is 5.29. The quantitative estimate of drug-likeness (QED) is 0.508. The van der Waals surface area contributed by atoms with Gasteiger partial charge >= 0.3 is 0 Å². The largest absolute Gasteiger partial charge is 0.497 e. The average Bonchev–Trinajstić information content (AvgIpc) is 3.54. The summed E-state index contributed by atoms with van der Waals surface area (Å²) >= 11 is 0. The summed E-state index contributed by atoms with van der Waals surface area (Å²) in [7, 11) is 1.62. The number of rotatable bonds is 6. The summed E-state index contributed by atoms with van der Waals surface area (Å²) in [6.07, 6.45) is 3.66. The molecule has 0 bridgehead atoms. The SMILES string of the molecule is COc1cccc(Nc2c(C(N)=O)cnc3c2c(C2CC2)nn3-c2ccccc2)c1. The molecule has 3 N–H and O–H groups in total. The molecule has 1 aliphatic carbocycles. The zero-order valence-corrected chi connectivity index (χ0v) is 16.5. The minimum absolute atomic E-state index is 0.333. The number of amides is 1. The third kappa shape index (κ3) is 3.14. The number of hydrogen-bond donors (Lipinski definition) is 2. The van der Waals surface area contributed by atoms with Crippen LogP contribution >= 0.6 is 0 Å². The second kappa shape index (κ2) is 7.18. The number of pyridine rings is 1. The molecule has 0 saturated heterocycles. The number of aromatic nitrogens is 3. The molecule has 5 rings (SSSR count). The van der Waals surface area contributed by atoms with Crippen molar-refractivity contribution in [1.82, 2.24) is 14.8 Å². The summed E-state index contributed by atoms with van der Waals surface area (Å²) in [5.41, 5.74) is 10.0. The molecule has 0 radical (unpaired) electrons. The Labute approximate surface area is 173 Å². The highest BCUT2D eigenvalue weighted by molar-refractivity contribution is 6.08. The van der Waals surface area contributed by atoms with E-state index in [4.69, 9.17) is 15.6 Å². The first-order valence-corrected chi connectivity index (χ1v) is 9.83. The maximum atomic E-state index is 12.2. The fourth-order valence-corrected chi connectivity index (χ4v) is 3.66. The van der Waals surface area contributed by atoms with Gasteiger partial charge in [-0.15, -0.1) is 0 Å². The monoisotopic (exact) mass is 399 g/mol. The number of hydrogen-bond acceptors (Lipinski definition) is 5. The molecule has 7 nitrogen and oxygen atoms in total. The molecule has 2 aromatic heterocycles. The fourth-order valence-electron chi connectivity index (χ4n) is 3.66. The zero-order chi connectivity index (χ0) is 20.7. The highest BCUT2D eigenvalue weighted by Gasteiger charge is 2.32. The van der Waals surface area contributed by atoms with Crippen molar-refractivity contribution >= 4 is 28.3 Å². The Balaban J connectivity index is 1.75. The van der Waals surface area contributed by atoms with E-state index < -0.39 is 5.91 Å². The van der Waals surface area contributed by atoms with E-state index in [0.717, 1.165) is 35.3 Å². The number of ether oxygens (including phenoxy) is 1. The first-order chi connectivity index (χ1) is 14.7. The van der Waals surface area contributed by atoms with Crippen LogP contribution in [0, 0.1) is 0 Å². The van der Waals surface area contributed by atoms with Crippen molar-refractivity contribution in [3.05, 3.63) is 72.1 Å². The molecule has 1 saturated carbocycles. The van der Waals surface area contributed by atoms with Crippen LogP contribution in [0.4, 0.5) is 11.4 Å². The fraction of sp³-hybridized carbons (Fsp3) is 0.174. The standard InChI is InChI=1S/C23H21N5O2/c1-30-17-9-5-6-15(12-17)26-21-18(22(24)29)13-25-23-19(21)20(14-10-11-14)27-28(23)16-7-3-2-4-8-16/h2-9,12-14H,10-11H2,1H3,(H2,24,29)(H,25,26). The number of nitrogens with zero attached hydrogens (tertiary/aromatic N) is 3. The van der Waals surface area contributed by atoms with Crippen LogP contribution in [-0.2, 0) is 0 Å². The second-order valence-electron chi connectivity index (χ2n) is 7.37. The number of fused-ring (bicyclic) bond motifs is 1. The van der Waals surface area contributed by atoms with E-state index in [1.54, 1.807) is 7.11 Å². The molecule has 0 aliphatic heterocycles. The van der Waals surface area contributed by atoms with E-state index in [1.165, 1.54) is 6.20 Å². The molecule has 4 aromatic rings. The molecule has 1 aliphatic rings. The molecule has 0 atom stereocenters.